The van der Waals surface area contributed by atoms with Gasteiger partial charge in [-0.3, -0.25) is 0 Å². The topological polar surface area (TPSA) is 38.5 Å². The van der Waals surface area contributed by atoms with Gasteiger partial charge in [0.2, 0.25) is 0 Å². The molecule has 1 heterocycles. The molecule has 1 aliphatic heterocycles. The summed E-state index contributed by atoms with van der Waals surface area (Å²) in [5.74, 6) is -1.35. The van der Waals surface area contributed by atoms with E-state index in [1.807, 2.05) is 0 Å². The average Bonchev–Trinajstić information content (AvgIpc) is 3.10. The molecule has 3 rings (SSSR count). The first-order valence-corrected chi connectivity index (χ1v) is 6.69. The first kappa shape index (κ1) is 12.5. The number of hydrogen-bond donors (Lipinski definition) is 1. The van der Waals surface area contributed by atoms with E-state index in [9.17, 15) is 8.78 Å². The highest BCUT2D eigenvalue weighted by atomic mass is 19.3. The molecule has 0 spiro atoms. The van der Waals surface area contributed by atoms with Gasteiger partial charge in [0.05, 0.1) is 18.8 Å². The highest BCUT2D eigenvalue weighted by Gasteiger charge is 2.39. The van der Waals surface area contributed by atoms with Crippen molar-refractivity contribution < 1.29 is 13.5 Å². The summed E-state index contributed by atoms with van der Waals surface area (Å²) in [5.41, 5.74) is 7.08. The Labute approximate surface area is 111 Å². The lowest BCUT2D eigenvalue weighted by Gasteiger charge is -2.22. The largest absolute Gasteiger partial charge is 0.491 e. The minimum atomic E-state index is -2.60. The molecule has 104 valence electrons. The van der Waals surface area contributed by atoms with E-state index in [-0.39, 0.29) is 13.0 Å². The van der Waals surface area contributed by atoms with Crippen LogP contribution in [0.1, 0.15) is 19.3 Å². The molecular formula is C14H18F2N2O. The van der Waals surface area contributed by atoms with E-state index in [1.165, 1.54) is 12.8 Å². The molecule has 1 aliphatic carbocycles. The van der Waals surface area contributed by atoms with Gasteiger partial charge in [0.25, 0.3) is 5.92 Å². The maximum absolute atomic E-state index is 13.3. The lowest BCUT2D eigenvalue weighted by molar-refractivity contribution is 0.0257. The maximum Gasteiger partial charge on any atom is 0.266 e. The van der Waals surface area contributed by atoms with E-state index < -0.39 is 5.92 Å². The minimum absolute atomic E-state index is 0.0978. The van der Waals surface area contributed by atoms with E-state index in [0.717, 1.165) is 5.69 Å². The van der Waals surface area contributed by atoms with Crippen molar-refractivity contribution in [2.45, 2.75) is 25.2 Å². The van der Waals surface area contributed by atoms with Crippen molar-refractivity contribution in [1.82, 2.24) is 0 Å². The van der Waals surface area contributed by atoms with Crippen LogP contribution < -0.4 is 15.4 Å². The summed E-state index contributed by atoms with van der Waals surface area (Å²) in [5, 5.41) is 0. The van der Waals surface area contributed by atoms with Gasteiger partial charge in [0, 0.05) is 24.7 Å². The predicted octanol–water partition coefficient (Wildman–Crippen LogP) is 2.90. The van der Waals surface area contributed by atoms with Crippen LogP contribution in [0.15, 0.2) is 18.2 Å². The van der Waals surface area contributed by atoms with Gasteiger partial charge >= 0.3 is 0 Å². The van der Waals surface area contributed by atoms with Crippen LogP contribution in [0.4, 0.5) is 20.2 Å². The van der Waals surface area contributed by atoms with Gasteiger partial charge in [-0.1, -0.05) is 0 Å². The number of nitrogens with zero attached hydrogens (tertiary/aromatic N) is 1. The van der Waals surface area contributed by atoms with Crippen LogP contribution in [0.3, 0.4) is 0 Å². The van der Waals surface area contributed by atoms with E-state index in [4.69, 9.17) is 10.5 Å². The number of nitrogens with two attached hydrogens (primary N) is 1. The van der Waals surface area contributed by atoms with Crippen molar-refractivity contribution in [3.63, 3.8) is 0 Å². The molecule has 0 radical (unpaired) electrons. The fourth-order valence-corrected chi connectivity index (χ4v) is 2.34. The summed E-state index contributed by atoms with van der Waals surface area (Å²) in [7, 11) is 0. The van der Waals surface area contributed by atoms with E-state index in [2.05, 4.69) is 0 Å². The second kappa shape index (κ2) is 4.54. The molecule has 0 unspecified atom stereocenters. The summed E-state index contributed by atoms with van der Waals surface area (Å²) in [6, 6.07) is 5.24. The van der Waals surface area contributed by atoms with Crippen LogP contribution in [-0.2, 0) is 0 Å². The molecule has 0 amide bonds. The summed E-state index contributed by atoms with van der Waals surface area (Å²) < 4.78 is 32.4. The van der Waals surface area contributed by atoms with Crippen LogP contribution in [0, 0.1) is 5.92 Å². The highest BCUT2D eigenvalue weighted by molar-refractivity contribution is 5.64. The molecule has 1 aromatic carbocycles. The number of benzene rings is 1. The van der Waals surface area contributed by atoms with Crippen molar-refractivity contribution in [2.75, 3.05) is 30.3 Å². The van der Waals surface area contributed by atoms with Crippen LogP contribution in [0.2, 0.25) is 0 Å². The molecule has 1 aromatic rings. The first-order valence-electron chi connectivity index (χ1n) is 6.69. The predicted molar refractivity (Wildman–Crippen MR) is 70.9 cm³/mol. The third kappa shape index (κ3) is 2.91. The maximum atomic E-state index is 13.3. The molecule has 2 aliphatic rings. The van der Waals surface area contributed by atoms with Crippen molar-refractivity contribution in [2.24, 2.45) is 5.92 Å². The highest BCUT2D eigenvalue weighted by Crippen LogP contribution is 2.38. The number of nitrogen functional groups attached to an aromatic ring is 1. The van der Waals surface area contributed by atoms with E-state index in [0.29, 0.717) is 30.5 Å². The minimum Gasteiger partial charge on any atom is -0.491 e. The lowest BCUT2D eigenvalue weighted by Crippen LogP contribution is -2.25. The number of hydrogen-bond acceptors (Lipinski definition) is 3. The first-order chi connectivity index (χ1) is 9.03. The molecule has 1 saturated carbocycles. The zero-order chi connectivity index (χ0) is 13.5. The third-order valence-electron chi connectivity index (χ3n) is 3.67. The summed E-state index contributed by atoms with van der Waals surface area (Å²) in [4.78, 5) is 1.68. The Balaban J connectivity index is 1.78. The van der Waals surface area contributed by atoms with Gasteiger partial charge in [0.1, 0.15) is 5.75 Å². The van der Waals surface area contributed by atoms with Crippen molar-refractivity contribution in [3.8, 4) is 5.75 Å². The number of rotatable bonds is 4. The Morgan fingerprint density at radius 1 is 1.37 bits per heavy atom. The summed E-state index contributed by atoms with van der Waals surface area (Å²) >= 11 is 0. The Morgan fingerprint density at radius 3 is 2.79 bits per heavy atom. The molecular weight excluding hydrogens is 250 g/mol. The van der Waals surface area contributed by atoms with Gasteiger partial charge in [-0.25, -0.2) is 8.78 Å². The molecule has 0 atom stereocenters. The zero-order valence-electron chi connectivity index (χ0n) is 10.7. The monoisotopic (exact) mass is 268 g/mol. The van der Waals surface area contributed by atoms with Crippen LogP contribution in [-0.4, -0.2) is 25.6 Å². The average molecular weight is 268 g/mol. The quantitative estimate of drug-likeness (QED) is 0.853. The van der Waals surface area contributed by atoms with Gasteiger partial charge in [0.15, 0.2) is 0 Å². The number of anilines is 2. The van der Waals surface area contributed by atoms with Gasteiger partial charge < -0.3 is 15.4 Å². The van der Waals surface area contributed by atoms with Crippen molar-refractivity contribution in [3.05, 3.63) is 18.2 Å². The number of ether oxygens (including phenoxy) is 1. The smallest absolute Gasteiger partial charge is 0.266 e. The molecule has 2 fully saturated rings. The van der Waals surface area contributed by atoms with Crippen molar-refractivity contribution in [1.29, 1.82) is 0 Å². The molecule has 19 heavy (non-hydrogen) atoms. The fourth-order valence-electron chi connectivity index (χ4n) is 2.34. The number of halogens is 2. The van der Waals surface area contributed by atoms with Crippen LogP contribution in [0.25, 0.3) is 0 Å². The standard InChI is InChI=1S/C14H18F2N2O/c15-14(16)5-6-18(9-14)12-4-3-11(17)7-13(12)19-8-10-1-2-10/h3-4,7,10H,1-2,5-6,8-9,17H2. The second-order valence-electron chi connectivity index (χ2n) is 5.51. The Kier molecular flexibility index (Phi) is 2.99. The SMILES string of the molecule is Nc1ccc(N2CCC(F)(F)C2)c(OCC2CC2)c1. The van der Waals surface area contributed by atoms with E-state index >= 15 is 0 Å². The Bertz CT molecular complexity index is 475. The van der Waals surface area contributed by atoms with Crippen LogP contribution in [0.5, 0.6) is 5.75 Å². The molecule has 1 saturated heterocycles. The Hall–Kier alpha value is -1.52. The second-order valence-corrected chi connectivity index (χ2v) is 5.51. The fraction of sp³-hybridized carbons (Fsp3) is 0.571. The molecule has 2 N–H and O–H groups in total. The summed E-state index contributed by atoms with van der Waals surface area (Å²) in [6.07, 6.45) is 2.29. The lowest BCUT2D eigenvalue weighted by atomic mass is 10.2. The van der Waals surface area contributed by atoms with Gasteiger partial charge in [-0.15, -0.1) is 0 Å². The van der Waals surface area contributed by atoms with E-state index in [1.54, 1.807) is 23.1 Å². The molecule has 0 bridgehead atoms. The van der Waals surface area contributed by atoms with Crippen molar-refractivity contribution >= 4 is 11.4 Å². The van der Waals surface area contributed by atoms with Gasteiger partial charge in [-0.05, 0) is 30.9 Å². The normalized spacial score (nSPS) is 21.7. The summed E-state index contributed by atoms with van der Waals surface area (Å²) in [6.45, 7) is 0.772. The zero-order valence-corrected chi connectivity index (χ0v) is 10.7. The van der Waals surface area contributed by atoms with Gasteiger partial charge in [-0.2, -0.15) is 0 Å². The molecule has 3 nitrogen and oxygen atoms in total. The third-order valence-corrected chi connectivity index (χ3v) is 3.67. The molecule has 0 aromatic heterocycles. The number of alkyl halides is 2. The Morgan fingerprint density at radius 2 is 2.16 bits per heavy atom. The molecule has 5 heteroatoms. The van der Waals surface area contributed by atoms with Crippen LogP contribution >= 0.6 is 0 Å².